The summed E-state index contributed by atoms with van der Waals surface area (Å²) in [6, 6.07) is 4.01. The van der Waals surface area contributed by atoms with E-state index in [9.17, 15) is 8.78 Å². The van der Waals surface area contributed by atoms with Crippen LogP contribution in [0, 0.1) is 25.2 Å². The van der Waals surface area contributed by atoms with Gasteiger partial charge >= 0.3 is 0 Å². The molecule has 0 atom stereocenters. The van der Waals surface area contributed by atoms with Crippen LogP contribution in [0.2, 0.25) is 0 Å². The van der Waals surface area contributed by atoms with Crippen LogP contribution in [0.3, 0.4) is 0 Å². The van der Waals surface area contributed by atoms with Gasteiger partial charge in [0.25, 0.3) is 0 Å². The second kappa shape index (κ2) is 6.72. The Hall–Kier alpha value is -2.09. The van der Waals surface area contributed by atoms with Gasteiger partial charge in [-0.05, 0) is 38.7 Å². The molecule has 1 saturated carbocycles. The van der Waals surface area contributed by atoms with E-state index in [0.717, 1.165) is 55.2 Å². The Balaban J connectivity index is 1.41. The van der Waals surface area contributed by atoms with E-state index < -0.39 is 5.92 Å². The summed E-state index contributed by atoms with van der Waals surface area (Å²) in [7, 11) is 0. The first-order valence-corrected chi connectivity index (χ1v) is 10.4. The highest BCUT2D eigenvalue weighted by Crippen LogP contribution is 2.40. The molecule has 6 nitrogen and oxygen atoms in total. The number of hydrogen-bond acceptors (Lipinski definition) is 5. The molecule has 2 aromatic heterocycles. The van der Waals surface area contributed by atoms with Gasteiger partial charge in [-0.1, -0.05) is 0 Å². The van der Waals surface area contributed by atoms with Crippen LogP contribution in [0.25, 0.3) is 5.82 Å². The van der Waals surface area contributed by atoms with Gasteiger partial charge in [0.15, 0.2) is 5.82 Å². The second-order valence-electron chi connectivity index (χ2n) is 9.19. The minimum Gasteiger partial charge on any atom is -0.380 e. The Labute approximate surface area is 169 Å². The molecule has 0 amide bonds. The maximum atomic E-state index is 13.5. The molecule has 4 heterocycles. The van der Waals surface area contributed by atoms with Gasteiger partial charge in [-0.3, -0.25) is 0 Å². The van der Waals surface area contributed by atoms with Crippen molar-refractivity contribution in [3.05, 3.63) is 29.3 Å². The molecule has 3 aliphatic rings. The number of halogens is 2. The molecule has 0 bridgehead atoms. The summed E-state index contributed by atoms with van der Waals surface area (Å²) in [4.78, 5) is 11.8. The van der Waals surface area contributed by atoms with E-state index in [1.54, 1.807) is 0 Å². The van der Waals surface area contributed by atoms with Crippen molar-refractivity contribution in [1.82, 2.24) is 19.7 Å². The van der Waals surface area contributed by atoms with Gasteiger partial charge in [-0.25, -0.2) is 23.4 Å². The lowest BCUT2D eigenvalue weighted by molar-refractivity contribution is -0.127. The maximum Gasteiger partial charge on any atom is 0.248 e. The first-order valence-electron chi connectivity index (χ1n) is 10.4. The Kier molecular flexibility index (Phi) is 4.38. The van der Waals surface area contributed by atoms with Gasteiger partial charge in [0, 0.05) is 44.1 Å². The van der Waals surface area contributed by atoms with Crippen LogP contribution in [0.4, 0.5) is 14.6 Å². The summed E-state index contributed by atoms with van der Waals surface area (Å²) < 4.78 is 34.3. The van der Waals surface area contributed by atoms with Crippen molar-refractivity contribution >= 4 is 5.82 Å². The zero-order valence-corrected chi connectivity index (χ0v) is 17.0. The van der Waals surface area contributed by atoms with Crippen molar-refractivity contribution in [3.8, 4) is 5.82 Å². The van der Waals surface area contributed by atoms with Crippen molar-refractivity contribution in [2.75, 3.05) is 31.2 Å². The zero-order valence-electron chi connectivity index (χ0n) is 17.0. The van der Waals surface area contributed by atoms with E-state index >= 15 is 0 Å². The van der Waals surface area contributed by atoms with Crippen LogP contribution in [-0.4, -0.2) is 52.0 Å². The normalized spacial score (nSPS) is 23.1. The number of aryl methyl sites for hydroxylation is 2. The predicted molar refractivity (Wildman–Crippen MR) is 105 cm³/mol. The van der Waals surface area contributed by atoms with Gasteiger partial charge in [-0.2, -0.15) is 5.10 Å². The molecule has 2 aliphatic heterocycles. The summed E-state index contributed by atoms with van der Waals surface area (Å²) in [5.41, 5.74) is 2.24. The highest BCUT2D eigenvalue weighted by atomic mass is 19.3. The van der Waals surface area contributed by atoms with E-state index in [1.165, 1.54) is 0 Å². The fourth-order valence-corrected chi connectivity index (χ4v) is 4.75. The molecule has 3 fully saturated rings. The third kappa shape index (κ3) is 3.63. The van der Waals surface area contributed by atoms with Crippen LogP contribution in [0.15, 0.2) is 12.1 Å². The van der Waals surface area contributed by atoms with Gasteiger partial charge < -0.3 is 9.64 Å². The smallest absolute Gasteiger partial charge is 0.248 e. The van der Waals surface area contributed by atoms with Crippen molar-refractivity contribution in [3.63, 3.8) is 0 Å². The van der Waals surface area contributed by atoms with Gasteiger partial charge in [0.1, 0.15) is 11.6 Å². The number of nitrogens with zero attached hydrogens (tertiary/aromatic N) is 5. The Bertz CT molecular complexity index is 906. The van der Waals surface area contributed by atoms with E-state index in [-0.39, 0.29) is 18.8 Å². The van der Waals surface area contributed by atoms with Gasteiger partial charge in [0.05, 0.1) is 24.3 Å². The van der Waals surface area contributed by atoms with E-state index in [4.69, 9.17) is 14.7 Å². The summed E-state index contributed by atoms with van der Waals surface area (Å²) in [6.45, 7) is 7.49. The summed E-state index contributed by atoms with van der Waals surface area (Å²) in [6.07, 6.45) is 1.63. The molecular formula is C21H27F2N5O. The number of ether oxygens (including phenoxy) is 1. The largest absolute Gasteiger partial charge is 0.380 e. The first kappa shape index (κ1) is 18.9. The van der Waals surface area contributed by atoms with Gasteiger partial charge in [-0.15, -0.1) is 0 Å². The van der Waals surface area contributed by atoms with Crippen LogP contribution in [-0.2, 0) is 11.2 Å². The van der Waals surface area contributed by atoms with E-state index in [0.29, 0.717) is 24.7 Å². The Morgan fingerprint density at radius 2 is 1.76 bits per heavy atom. The van der Waals surface area contributed by atoms with E-state index in [1.807, 2.05) is 30.7 Å². The molecule has 5 rings (SSSR count). The molecule has 1 aliphatic carbocycles. The maximum absolute atomic E-state index is 13.5. The SMILES string of the molecule is Cc1cc(C)n(-c2cc(N3CC4(COC4)C3)nc(CC3CCC(F)(F)CC3)n2)n1. The average molecular weight is 403 g/mol. The number of rotatable bonds is 4. The minimum atomic E-state index is -2.51. The van der Waals surface area contributed by atoms with Crippen molar-refractivity contribution in [1.29, 1.82) is 0 Å². The summed E-state index contributed by atoms with van der Waals surface area (Å²) in [5.74, 6) is 0.0796. The minimum absolute atomic E-state index is 0.0314. The molecule has 0 unspecified atom stereocenters. The summed E-state index contributed by atoms with van der Waals surface area (Å²) in [5, 5.41) is 4.58. The Morgan fingerprint density at radius 3 is 2.34 bits per heavy atom. The number of hydrogen-bond donors (Lipinski definition) is 0. The lowest BCUT2D eigenvalue weighted by Gasteiger charge is -2.55. The molecule has 8 heteroatoms. The second-order valence-corrected chi connectivity index (χ2v) is 9.19. The van der Waals surface area contributed by atoms with Crippen LogP contribution in [0.5, 0.6) is 0 Å². The molecule has 0 N–H and O–H groups in total. The quantitative estimate of drug-likeness (QED) is 0.782. The zero-order chi connectivity index (χ0) is 20.2. The molecule has 1 spiro atoms. The third-order valence-electron chi connectivity index (χ3n) is 6.47. The Morgan fingerprint density at radius 1 is 1.07 bits per heavy atom. The van der Waals surface area contributed by atoms with Crippen molar-refractivity contribution in [2.45, 2.75) is 51.9 Å². The first-order chi connectivity index (χ1) is 13.8. The lowest BCUT2D eigenvalue weighted by atomic mass is 9.78. The molecule has 156 valence electrons. The van der Waals surface area contributed by atoms with Crippen LogP contribution < -0.4 is 4.90 Å². The number of aromatic nitrogens is 4. The fourth-order valence-electron chi connectivity index (χ4n) is 4.75. The monoisotopic (exact) mass is 403 g/mol. The average Bonchev–Trinajstić information content (AvgIpc) is 2.93. The summed E-state index contributed by atoms with van der Waals surface area (Å²) >= 11 is 0. The van der Waals surface area contributed by atoms with Crippen LogP contribution in [0.1, 0.15) is 42.9 Å². The van der Waals surface area contributed by atoms with Gasteiger partial charge in [0.2, 0.25) is 5.92 Å². The van der Waals surface area contributed by atoms with Crippen molar-refractivity contribution < 1.29 is 13.5 Å². The lowest BCUT2D eigenvalue weighted by Crippen LogP contribution is -2.66. The fraction of sp³-hybridized carbons (Fsp3) is 0.667. The molecule has 0 aromatic carbocycles. The highest BCUT2D eigenvalue weighted by Gasteiger charge is 2.49. The molecule has 2 saturated heterocycles. The number of alkyl halides is 2. The third-order valence-corrected chi connectivity index (χ3v) is 6.47. The number of anilines is 1. The molecule has 29 heavy (non-hydrogen) atoms. The van der Waals surface area contributed by atoms with Crippen molar-refractivity contribution in [2.24, 2.45) is 11.3 Å². The molecule has 2 aromatic rings. The molecule has 0 radical (unpaired) electrons. The van der Waals surface area contributed by atoms with Crippen LogP contribution >= 0.6 is 0 Å². The standard InChI is InChI=1S/C21H27F2N5O/c1-14-7-15(2)28(26-14)19-9-18(27-10-20(11-27)12-29-13-20)24-17(25-19)8-16-3-5-21(22,23)6-4-16/h7,9,16H,3-6,8,10-13H2,1-2H3. The highest BCUT2D eigenvalue weighted by molar-refractivity contribution is 5.48. The molecular weight excluding hydrogens is 376 g/mol. The topological polar surface area (TPSA) is 56.1 Å². The predicted octanol–water partition coefficient (Wildman–Crippen LogP) is 3.48. The van der Waals surface area contributed by atoms with E-state index in [2.05, 4.69) is 10.00 Å².